The van der Waals surface area contributed by atoms with Crippen molar-refractivity contribution in [3.05, 3.63) is 172 Å². The second kappa shape index (κ2) is 17.4. The molecule has 0 spiro atoms. The minimum atomic E-state index is -2.80. The van der Waals surface area contributed by atoms with Crippen molar-refractivity contribution in [3.8, 4) is 5.75 Å². The van der Waals surface area contributed by atoms with Crippen LogP contribution in [0.5, 0.6) is 5.75 Å². The van der Waals surface area contributed by atoms with Gasteiger partial charge in [0.2, 0.25) is 5.79 Å². The number of hydrogen-bond acceptors (Lipinski definition) is 7. The van der Waals surface area contributed by atoms with Gasteiger partial charge in [-0.2, -0.15) is 0 Å². The Hall–Kier alpha value is -4.12. The predicted molar refractivity (Wildman–Crippen MR) is 193 cm³/mol. The summed E-state index contributed by atoms with van der Waals surface area (Å²) in [5.41, 5.74) is 4.39. The summed E-state index contributed by atoms with van der Waals surface area (Å²) in [6.45, 7) is 0.175. The van der Waals surface area contributed by atoms with Gasteiger partial charge in [0.15, 0.2) is 11.6 Å². The minimum absolute atomic E-state index is 0.171. The molecule has 6 rings (SSSR count). The van der Waals surface area contributed by atoms with E-state index in [4.69, 9.17) is 44.1 Å². The second-order valence-corrected chi connectivity index (χ2v) is 12.7. The summed E-state index contributed by atoms with van der Waals surface area (Å²) in [6.07, 6.45) is -3.34. The molecule has 1 aliphatic rings. The molecule has 0 radical (unpaired) electrons. The first-order valence-corrected chi connectivity index (χ1v) is 17.0. The Balaban J connectivity index is 1.40. The average Bonchev–Trinajstić information content (AvgIpc) is 3.18. The Morgan fingerprint density at radius 2 is 1.33 bits per heavy atom. The van der Waals surface area contributed by atoms with E-state index in [0.717, 1.165) is 16.7 Å². The summed E-state index contributed by atoms with van der Waals surface area (Å²) in [7, 11) is -1.30. The molecular weight excluding hydrogens is 671 g/mol. The lowest BCUT2D eigenvalue weighted by Gasteiger charge is -2.52. The first kappa shape index (κ1) is 32.8. The van der Waals surface area contributed by atoms with Crippen LogP contribution in [0, 0.1) is 5.82 Å². The highest BCUT2D eigenvalue weighted by Crippen LogP contribution is 2.44. The number of benzene rings is 5. The zero-order valence-corrected chi connectivity index (χ0v) is 28.9. The highest BCUT2D eigenvalue weighted by atomic mass is 35.5. The van der Waals surface area contributed by atoms with Crippen LogP contribution in [0.2, 0.25) is 5.02 Å². The van der Waals surface area contributed by atoms with Gasteiger partial charge in [0, 0.05) is 17.7 Å². The van der Waals surface area contributed by atoms with Gasteiger partial charge in [-0.3, -0.25) is 0 Å². The smallest absolute Gasteiger partial charge is 0.225 e. The number of methoxy groups -OCH3 is 2. The molecule has 0 unspecified atom stereocenters. The van der Waals surface area contributed by atoms with Crippen LogP contribution in [0.25, 0.3) is 0 Å². The fourth-order valence-electron chi connectivity index (χ4n) is 6.38. The molecule has 7 nitrogen and oxygen atoms in total. The van der Waals surface area contributed by atoms with Crippen molar-refractivity contribution in [2.24, 2.45) is 0 Å². The zero-order valence-electron chi connectivity index (χ0n) is 31.1. The molecule has 0 saturated carbocycles. The summed E-state index contributed by atoms with van der Waals surface area (Å²) in [6, 6.07) is 38.4. The van der Waals surface area contributed by atoms with Crippen molar-refractivity contribution in [1.82, 2.24) is 0 Å². The number of rotatable bonds is 15. The third-order valence-corrected chi connectivity index (χ3v) is 9.33. The van der Waals surface area contributed by atoms with Crippen LogP contribution >= 0.6 is 11.6 Å². The largest absolute Gasteiger partial charge is 0.494 e. The molecule has 1 fully saturated rings. The van der Waals surface area contributed by atoms with Gasteiger partial charge in [0.1, 0.15) is 24.4 Å². The average molecular weight is 716 g/mol. The molecule has 5 aromatic carbocycles. The highest BCUT2D eigenvalue weighted by molar-refractivity contribution is 6.31. The molecule has 1 aliphatic heterocycles. The van der Waals surface area contributed by atoms with Crippen LogP contribution in [0.3, 0.4) is 0 Å². The van der Waals surface area contributed by atoms with Gasteiger partial charge in [0.25, 0.3) is 0 Å². The summed E-state index contributed by atoms with van der Waals surface area (Å²) in [5, 5.41) is 11.3. The monoisotopic (exact) mass is 715 g/mol. The Morgan fingerprint density at radius 1 is 0.745 bits per heavy atom. The van der Waals surface area contributed by atoms with E-state index in [9.17, 15) is 9.50 Å². The Bertz CT molecular complexity index is 1940. The van der Waals surface area contributed by atoms with E-state index in [1.54, 1.807) is 24.3 Å². The molecule has 9 heteroatoms. The topological polar surface area (TPSA) is 75.6 Å². The molecule has 0 amide bonds. The first-order valence-electron chi connectivity index (χ1n) is 18.2. The lowest BCUT2D eigenvalue weighted by atomic mass is 9.86. The van der Waals surface area contributed by atoms with E-state index in [2.05, 4.69) is 0 Å². The van der Waals surface area contributed by atoms with Gasteiger partial charge in [-0.25, -0.2) is 4.39 Å². The normalized spacial score (nSPS) is 22.9. The van der Waals surface area contributed by atoms with E-state index in [1.165, 1.54) is 19.2 Å². The third kappa shape index (κ3) is 8.68. The maximum Gasteiger partial charge on any atom is 0.225 e. The molecule has 0 aliphatic carbocycles. The number of aliphatic hydroxyl groups is 1. The Morgan fingerprint density at radius 3 is 1.88 bits per heavy atom. The molecule has 51 heavy (non-hydrogen) atoms. The lowest BCUT2D eigenvalue weighted by molar-refractivity contribution is -0.384. The second-order valence-electron chi connectivity index (χ2n) is 12.3. The number of aliphatic hydroxyl groups excluding tert-OH is 1. The van der Waals surface area contributed by atoms with Crippen molar-refractivity contribution in [1.29, 1.82) is 0 Å². The van der Waals surface area contributed by atoms with Crippen LogP contribution in [0.4, 0.5) is 4.39 Å². The van der Waals surface area contributed by atoms with Crippen LogP contribution < -0.4 is 4.74 Å². The molecule has 1 heterocycles. The third-order valence-electron chi connectivity index (χ3n) is 8.96. The first-order chi connectivity index (χ1) is 26.1. The quantitative estimate of drug-likeness (QED) is 0.118. The van der Waals surface area contributed by atoms with Crippen molar-refractivity contribution in [2.45, 2.75) is 56.4 Å². The van der Waals surface area contributed by atoms with E-state index < -0.39 is 49.7 Å². The van der Waals surface area contributed by atoms with Crippen LogP contribution in [0.1, 0.15) is 37.5 Å². The van der Waals surface area contributed by atoms with Crippen molar-refractivity contribution in [3.63, 3.8) is 0 Å². The van der Waals surface area contributed by atoms with Gasteiger partial charge in [-0.15, -0.1) is 0 Å². The maximum atomic E-state index is 15.0. The number of halogens is 2. The Kier molecular flexibility index (Phi) is 11.2. The molecule has 1 N–H and O–H groups in total. The van der Waals surface area contributed by atoms with E-state index in [-0.39, 0.29) is 32.0 Å². The minimum Gasteiger partial charge on any atom is -0.494 e. The standard InChI is InChI=1S/C42H42ClFO7/c1-46-37-21-18-32(23-36(37)44)22-33-24-34(19-20-35(33)43)42(47-2)41(50-28-31-16-10-5-11-17-31)40(49-27-30-14-8-4-9-15-30)39(38(25-45)51-42)48-26-29-12-6-3-7-13-29/h3-21,23-24,38-41,45H,22,25-28H2,1-2H3/t38-,39-,40+,41-,42+/m1/s1/i1D3. The molecular formula is C42H42ClFO7. The van der Waals surface area contributed by atoms with Gasteiger partial charge in [-0.1, -0.05) is 115 Å². The van der Waals surface area contributed by atoms with Crippen molar-refractivity contribution < 1.29 is 42.0 Å². The summed E-state index contributed by atoms with van der Waals surface area (Å²) in [4.78, 5) is 0. The lowest BCUT2D eigenvalue weighted by Crippen LogP contribution is -2.66. The molecule has 1 saturated heterocycles. The van der Waals surface area contributed by atoms with Crippen LogP contribution in [-0.4, -0.2) is 50.3 Å². The van der Waals surface area contributed by atoms with Crippen molar-refractivity contribution in [2.75, 3.05) is 20.8 Å². The molecule has 0 bridgehead atoms. The van der Waals surface area contributed by atoms with E-state index >= 15 is 0 Å². The maximum absolute atomic E-state index is 15.0. The predicted octanol–water partition coefficient (Wildman–Crippen LogP) is 8.03. The van der Waals surface area contributed by atoms with E-state index in [0.29, 0.717) is 21.7 Å². The number of ether oxygens (including phenoxy) is 6. The molecule has 5 atom stereocenters. The zero-order chi connectivity index (χ0) is 38.1. The van der Waals surface area contributed by atoms with Crippen LogP contribution in [0.15, 0.2) is 127 Å². The number of hydrogen-bond donors (Lipinski definition) is 1. The fourth-order valence-corrected chi connectivity index (χ4v) is 6.57. The molecule has 0 aromatic heterocycles. The molecule has 266 valence electrons. The summed E-state index contributed by atoms with van der Waals surface area (Å²) >= 11 is 6.74. The van der Waals surface area contributed by atoms with Gasteiger partial charge < -0.3 is 33.5 Å². The fraction of sp³-hybridized carbons (Fsp3) is 0.286. The van der Waals surface area contributed by atoms with E-state index in [1.807, 2.05) is 91.0 Å². The SMILES string of the molecule is [2H]C([2H])([2H])Oc1ccc(Cc2cc([C@]3(OC)O[C@H](CO)[C@@H](OCc4ccccc4)[C@H](OCc4ccccc4)[C@H]3OCc3ccccc3)ccc2Cl)cc1F. The van der Waals surface area contributed by atoms with Gasteiger partial charge in [0.05, 0.1) is 37.6 Å². The van der Waals surface area contributed by atoms with Gasteiger partial charge in [-0.05, 0) is 58.5 Å². The summed E-state index contributed by atoms with van der Waals surface area (Å²) in [5.74, 6) is -2.86. The summed E-state index contributed by atoms with van der Waals surface area (Å²) < 4.78 is 75.0. The van der Waals surface area contributed by atoms with Crippen LogP contribution in [-0.2, 0) is 55.7 Å². The highest BCUT2D eigenvalue weighted by Gasteiger charge is 2.58. The Labute approximate surface area is 307 Å². The van der Waals surface area contributed by atoms with Crippen molar-refractivity contribution >= 4 is 11.6 Å². The molecule has 5 aromatic rings. The van der Waals surface area contributed by atoms with Gasteiger partial charge >= 0.3 is 0 Å².